The van der Waals surface area contributed by atoms with E-state index in [1.165, 1.54) is 129 Å². The van der Waals surface area contributed by atoms with Crippen LogP contribution in [0.2, 0.25) is 0 Å². The van der Waals surface area contributed by atoms with E-state index in [2.05, 4.69) is 150 Å². The first-order valence-electron chi connectivity index (χ1n) is 37.1. The second-order valence-electron chi connectivity index (χ2n) is 30.5. The quantitative estimate of drug-likeness (QED) is 0.115. The molecule has 5 aliphatic carbocycles. The normalized spacial score (nSPS) is 21.3. The highest BCUT2D eigenvalue weighted by molar-refractivity contribution is 6.01. The summed E-state index contributed by atoms with van der Waals surface area (Å²) >= 11 is 0. The first-order chi connectivity index (χ1) is 48.7. The number of Topliss-reactive ketones (excluding diaryl/α,β-unsaturated/α-hetero) is 1. The summed E-state index contributed by atoms with van der Waals surface area (Å²) in [4.78, 5) is 71.7. The Bertz CT molecular complexity index is 4350. The highest BCUT2D eigenvalue weighted by atomic mass is 16.3. The zero-order chi connectivity index (χ0) is 68.1. The minimum absolute atomic E-state index is 0.0147. The summed E-state index contributed by atoms with van der Waals surface area (Å²) in [7, 11) is 8.67. The third-order valence-corrected chi connectivity index (χ3v) is 23.8. The maximum atomic E-state index is 12.7. The van der Waals surface area contributed by atoms with Crippen molar-refractivity contribution in [3.05, 3.63) is 138 Å². The van der Waals surface area contributed by atoms with E-state index in [-0.39, 0.29) is 22.2 Å². The summed E-state index contributed by atoms with van der Waals surface area (Å²) in [5.74, 6) is 4.59. The fourth-order valence-corrected chi connectivity index (χ4v) is 18.2. The monoisotopic (exact) mass is 1350 g/mol. The van der Waals surface area contributed by atoms with E-state index in [0.29, 0.717) is 41.4 Å². The van der Waals surface area contributed by atoms with E-state index < -0.39 is 0 Å². The van der Waals surface area contributed by atoms with E-state index in [1.807, 2.05) is 49.2 Å². The van der Waals surface area contributed by atoms with Gasteiger partial charge in [0.25, 0.3) is 0 Å². The number of nitrogens with one attached hydrogen (secondary N) is 3. The molecule has 3 saturated carbocycles. The number of hydrogen-bond donors (Lipinski definition) is 3. The van der Waals surface area contributed by atoms with Gasteiger partial charge in [-0.25, -0.2) is 39.9 Å². The molecule has 0 amide bonds. The molecule has 0 unspecified atom stereocenters. The topological polar surface area (TPSA) is 210 Å². The molecule has 22 nitrogen and oxygen atoms in total. The summed E-state index contributed by atoms with van der Waals surface area (Å²) in [6.45, 7) is 21.4. The molecule has 0 radical (unpaired) electrons. The van der Waals surface area contributed by atoms with Gasteiger partial charge in [0.1, 0.15) is 28.6 Å². The van der Waals surface area contributed by atoms with E-state index in [0.717, 1.165) is 169 Å². The number of nitrogens with zero attached hydrogens (tertiary/aromatic N) is 17. The highest BCUT2D eigenvalue weighted by Gasteiger charge is 2.48. The SMILES string of the molecule is C=C1CC2(CCCCC2)C2=C(Cc3cnc(Nc4ccc(N5CCN(C)CC5)cn4)nc32)N1C.C=C1Cc2cc3cnc(Nc4ccc(N5CCN(C)CC5)cn4)nc3n2C2(CCCCC2)C1.CN1CCN(c2ccc(Nc3ncc4oc5c(c4n3)C3(CCCCC3)CCC5=O)nc2)CC1. The van der Waals surface area contributed by atoms with Crippen LogP contribution in [0.4, 0.5) is 52.4 Å². The Morgan fingerprint density at radius 1 is 0.500 bits per heavy atom. The third-order valence-electron chi connectivity index (χ3n) is 23.8. The number of anilines is 9. The van der Waals surface area contributed by atoms with Gasteiger partial charge in [-0.05, 0) is 121 Å². The standard InChI is InChI=1S/C27H35N7.C26H33N7.C25H30N6O2/c1-19-16-27(9-5-4-6-10-27)24-22(33(19)3)15-20-17-29-26(31-25(20)24)30-23-8-7-21(18-28-23)34-13-11-32(2)12-14-34;1-19-14-22-15-20-17-28-25(30-24(20)33(22)26(16-19)8-4-3-5-9-26)29-23-7-6-21(18-27-23)32-12-10-31(2)11-13-32;1-30-11-13-31(14-12-30)17-5-6-20(26-15-17)28-24-27-16-19-22(29-24)21-23(33-19)18(32)7-10-25(21)8-3-2-4-9-25/h7-8,17-18H,1,4-6,9-16H2,2-3H3,(H,28,29,30,31);6-7,15,17-18H,1,3-5,8-14,16H2,2H3,(H,27,28,29,30);5-6,15-16H,2-4,7-14H2,1H3,(H,26,27,28,29). The average Bonchev–Trinajstić information content (AvgIpc) is 1.27. The second-order valence-corrected chi connectivity index (χ2v) is 30.5. The zero-order valence-corrected chi connectivity index (χ0v) is 59.2. The van der Waals surface area contributed by atoms with Crippen LogP contribution in [0.25, 0.3) is 27.7 Å². The molecule has 3 N–H and O–H groups in total. The molecule has 18 rings (SSSR count). The molecule has 3 saturated heterocycles. The predicted molar refractivity (Wildman–Crippen MR) is 398 cm³/mol. The lowest BCUT2D eigenvalue weighted by Crippen LogP contribution is -2.44. The Morgan fingerprint density at radius 2 is 1.00 bits per heavy atom. The lowest BCUT2D eigenvalue weighted by Gasteiger charge is -2.46. The summed E-state index contributed by atoms with van der Waals surface area (Å²) in [5, 5.41) is 11.1. The molecular weight excluding hydrogens is 1250 g/mol. The van der Waals surface area contributed by atoms with Gasteiger partial charge in [-0.1, -0.05) is 76.5 Å². The van der Waals surface area contributed by atoms with Crippen molar-refractivity contribution < 1.29 is 9.21 Å². The van der Waals surface area contributed by atoms with Crippen LogP contribution in [0, 0.1) is 5.41 Å². The molecule has 10 aliphatic rings. The second kappa shape index (κ2) is 27.6. The number of rotatable bonds is 9. The number of aromatic nitrogens is 10. The van der Waals surface area contributed by atoms with Gasteiger partial charge in [-0.2, -0.15) is 4.98 Å². The molecule has 100 heavy (non-hydrogen) atoms. The largest absolute Gasteiger partial charge is 0.449 e. The molecule has 8 aromatic rings. The van der Waals surface area contributed by atoms with E-state index in [1.54, 1.807) is 6.20 Å². The first kappa shape index (κ1) is 65.7. The minimum Gasteiger partial charge on any atom is -0.449 e. The van der Waals surface area contributed by atoms with Crippen molar-refractivity contribution in [3.8, 4) is 0 Å². The van der Waals surface area contributed by atoms with Crippen molar-refractivity contribution >= 4 is 85.9 Å². The van der Waals surface area contributed by atoms with Crippen molar-refractivity contribution in [1.82, 2.24) is 69.0 Å². The molecule has 0 atom stereocenters. The van der Waals surface area contributed by atoms with Crippen molar-refractivity contribution in [2.75, 3.05) is 137 Å². The van der Waals surface area contributed by atoms with Gasteiger partial charge < -0.3 is 59.2 Å². The molecule has 6 fully saturated rings. The first-order valence-corrected chi connectivity index (χ1v) is 37.1. The number of carbonyl (C=O) groups excluding carboxylic acids is 1. The van der Waals surface area contributed by atoms with E-state index >= 15 is 0 Å². The van der Waals surface area contributed by atoms with Crippen molar-refractivity contribution in [2.24, 2.45) is 5.41 Å². The van der Waals surface area contributed by atoms with Crippen LogP contribution < -0.4 is 30.7 Å². The molecule has 522 valence electrons. The Morgan fingerprint density at radius 3 is 1.54 bits per heavy atom. The van der Waals surface area contributed by atoms with Crippen LogP contribution in [0.3, 0.4) is 0 Å². The van der Waals surface area contributed by atoms with Gasteiger partial charge in [0.15, 0.2) is 17.1 Å². The van der Waals surface area contributed by atoms with Crippen LogP contribution in [-0.2, 0) is 23.8 Å². The molecule has 13 heterocycles. The van der Waals surface area contributed by atoms with Gasteiger partial charge in [0, 0.05) is 173 Å². The van der Waals surface area contributed by atoms with E-state index in [9.17, 15) is 4.79 Å². The summed E-state index contributed by atoms with van der Waals surface area (Å²) in [6, 6.07) is 14.7. The van der Waals surface area contributed by atoms with Crippen molar-refractivity contribution in [1.29, 1.82) is 0 Å². The Balaban J connectivity index is 0.000000117. The summed E-state index contributed by atoms with van der Waals surface area (Å²) in [5.41, 5.74) is 16.4. The maximum Gasteiger partial charge on any atom is 0.230 e. The van der Waals surface area contributed by atoms with Crippen molar-refractivity contribution in [2.45, 2.75) is 146 Å². The predicted octanol–water partition coefficient (Wildman–Crippen LogP) is 13.2. The fraction of sp³-hybridized carbons (Fsp3) is 0.513. The van der Waals surface area contributed by atoms with Crippen LogP contribution in [0.15, 0.2) is 114 Å². The molecular formula is C78H98N20O2. The van der Waals surface area contributed by atoms with Gasteiger partial charge >= 0.3 is 0 Å². The number of allylic oxidation sites excluding steroid dienone is 4. The average molecular weight is 1350 g/mol. The smallest absolute Gasteiger partial charge is 0.230 e. The van der Waals surface area contributed by atoms with Gasteiger partial charge in [0.05, 0.1) is 47.5 Å². The Kier molecular flexibility index (Phi) is 18.1. The zero-order valence-electron chi connectivity index (χ0n) is 59.2. The number of furan rings is 1. The maximum absolute atomic E-state index is 12.7. The number of pyridine rings is 3. The molecule has 8 aromatic heterocycles. The Labute approximate surface area is 587 Å². The number of likely N-dealkylation sites (N-methyl/N-ethyl adjacent to an activating group) is 4. The number of ketones is 1. The molecule has 5 aliphatic heterocycles. The Hall–Kier alpha value is -8.86. The summed E-state index contributed by atoms with van der Waals surface area (Å²) < 4.78 is 8.53. The van der Waals surface area contributed by atoms with E-state index in [4.69, 9.17) is 19.4 Å². The molecule has 22 heteroatoms. The van der Waals surface area contributed by atoms with Gasteiger partial charge in [0.2, 0.25) is 17.8 Å². The number of piperazine rings is 3. The van der Waals surface area contributed by atoms with Crippen LogP contribution in [0.1, 0.15) is 155 Å². The van der Waals surface area contributed by atoms with Gasteiger partial charge in [-0.15, -0.1) is 0 Å². The molecule has 0 bridgehead atoms. The number of hydrogen-bond acceptors (Lipinski definition) is 21. The number of fused-ring (bicyclic) bond motifs is 11. The molecule has 3 spiro atoms. The number of carbonyl (C=O) groups is 1. The van der Waals surface area contributed by atoms with Crippen molar-refractivity contribution in [3.63, 3.8) is 0 Å². The third kappa shape index (κ3) is 13.1. The molecule has 0 aromatic carbocycles. The summed E-state index contributed by atoms with van der Waals surface area (Å²) in [6.07, 6.45) is 35.5. The van der Waals surface area contributed by atoms with Crippen LogP contribution in [0.5, 0.6) is 0 Å². The lowest BCUT2D eigenvalue weighted by atomic mass is 9.63. The lowest BCUT2D eigenvalue weighted by molar-refractivity contribution is 0.0908. The highest BCUT2D eigenvalue weighted by Crippen LogP contribution is 2.58. The fourth-order valence-electron chi connectivity index (χ4n) is 18.2. The minimum atomic E-state index is 0.0147. The van der Waals surface area contributed by atoms with Crippen LogP contribution >= 0.6 is 0 Å². The van der Waals surface area contributed by atoms with Crippen LogP contribution in [-0.4, -0.2) is 182 Å². The van der Waals surface area contributed by atoms with Gasteiger partial charge in [-0.3, -0.25) is 4.79 Å².